The van der Waals surface area contributed by atoms with E-state index >= 15 is 0 Å². The van der Waals surface area contributed by atoms with Gasteiger partial charge in [0.2, 0.25) is 15.9 Å². The number of halogens is 1. The zero-order valence-electron chi connectivity index (χ0n) is 17.9. The summed E-state index contributed by atoms with van der Waals surface area (Å²) in [5.74, 6) is -1.31. The normalized spacial score (nSPS) is 12.1. The van der Waals surface area contributed by atoms with Gasteiger partial charge in [-0.2, -0.15) is 0 Å². The summed E-state index contributed by atoms with van der Waals surface area (Å²) in [5.41, 5.74) is 0.667. The molecule has 0 saturated heterocycles. The van der Waals surface area contributed by atoms with E-state index in [0.717, 1.165) is 17.0 Å². The van der Waals surface area contributed by atoms with Gasteiger partial charge in [-0.1, -0.05) is 31.2 Å². The first-order valence-electron chi connectivity index (χ1n) is 10.1. The van der Waals surface area contributed by atoms with Crippen molar-refractivity contribution in [3.63, 3.8) is 0 Å². The molecule has 0 aromatic heterocycles. The average molecular weight is 450 g/mol. The van der Waals surface area contributed by atoms with E-state index in [1.807, 2.05) is 13.8 Å². The number of carbonyl (C=O) groups is 2. The van der Waals surface area contributed by atoms with Crippen molar-refractivity contribution < 1.29 is 22.4 Å². The standard InChI is InChI=1S/C22H28FN3O4S/c1-4-16(2)24-22(28)17-10-5-7-12-19(17)25-21(27)14-9-15-26(31(3,29)30)20-13-8-6-11-18(20)23/h5-8,10-13,16H,4,9,14-15H2,1-3H3,(H,24,28)(H,25,27)/t16-/m1/s1. The highest BCUT2D eigenvalue weighted by Crippen LogP contribution is 2.22. The molecule has 2 N–H and O–H groups in total. The molecule has 2 aromatic carbocycles. The summed E-state index contributed by atoms with van der Waals surface area (Å²) in [7, 11) is -3.72. The minimum absolute atomic E-state index is 0.00177. The summed E-state index contributed by atoms with van der Waals surface area (Å²) >= 11 is 0. The summed E-state index contributed by atoms with van der Waals surface area (Å²) < 4.78 is 39.2. The molecule has 31 heavy (non-hydrogen) atoms. The Balaban J connectivity index is 2.02. The van der Waals surface area contributed by atoms with Crippen LogP contribution in [0, 0.1) is 5.82 Å². The fraction of sp³-hybridized carbons (Fsp3) is 0.364. The van der Waals surface area contributed by atoms with Gasteiger partial charge in [-0.05, 0) is 44.0 Å². The van der Waals surface area contributed by atoms with Gasteiger partial charge in [-0.25, -0.2) is 12.8 Å². The molecule has 2 amide bonds. The van der Waals surface area contributed by atoms with E-state index < -0.39 is 15.8 Å². The van der Waals surface area contributed by atoms with Crippen molar-refractivity contribution in [3.05, 3.63) is 59.9 Å². The second-order valence-corrected chi connectivity index (χ2v) is 9.17. The van der Waals surface area contributed by atoms with E-state index in [-0.39, 0.29) is 42.9 Å². The van der Waals surface area contributed by atoms with E-state index in [4.69, 9.17) is 0 Å². The molecule has 0 heterocycles. The van der Waals surface area contributed by atoms with Gasteiger partial charge in [-0.3, -0.25) is 13.9 Å². The van der Waals surface area contributed by atoms with Crippen LogP contribution in [-0.4, -0.2) is 39.1 Å². The van der Waals surface area contributed by atoms with Gasteiger partial charge in [0.15, 0.2) is 0 Å². The van der Waals surface area contributed by atoms with Gasteiger partial charge >= 0.3 is 0 Å². The van der Waals surface area contributed by atoms with E-state index in [1.165, 1.54) is 18.2 Å². The predicted molar refractivity (Wildman–Crippen MR) is 120 cm³/mol. The van der Waals surface area contributed by atoms with Crippen LogP contribution in [0.25, 0.3) is 0 Å². The summed E-state index contributed by atoms with van der Waals surface area (Å²) in [6.45, 7) is 3.80. The molecule has 0 spiro atoms. The summed E-state index contributed by atoms with van der Waals surface area (Å²) in [4.78, 5) is 24.9. The first-order chi connectivity index (χ1) is 14.6. The van der Waals surface area contributed by atoms with Crippen molar-refractivity contribution in [2.75, 3.05) is 22.4 Å². The van der Waals surface area contributed by atoms with Crippen LogP contribution in [0.2, 0.25) is 0 Å². The lowest BCUT2D eigenvalue weighted by atomic mass is 10.1. The lowest BCUT2D eigenvalue weighted by Gasteiger charge is -2.22. The van der Waals surface area contributed by atoms with Crippen LogP contribution in [0.15, 0.2) is 48.5 Å². The van der Waals surface area contributed by atoms with Crippen molar-refractivity contribution in [2.45, 2.75) is 39.2 Å². The number of hydrogen-bond acceptors (Lipinski definition) is 4. The van der Waals surface area contributed by atoms with Crippen LogP contribution in [0.1, 0.15) is 43.5 Å². The smallest absolute Gasteiger partial charge is 0.253 e. The quantitative estimate of drug-likeness (QED) is 0.580. The van der Waals surface area contributed by atoms with Gasteiger partial charge in [0.25, 0.3) is 5.91 Å². The molecule has 7 nitrogen and oxygen atoms in total. The molecular formula is C22H28FN3O4S. The summed E-state index contributed by atoms with van der Waals surface area (Å²) in [6.07, 6.45) is 1.95. The largest absolute Gasteiger partial charge is 0.350 e. The highest BCUT2D eigenvalue weighted by molar-refractivity contribution is 7.92. The Hall–Kier alpha value is -2.94. The molecule has 168 valence electrons. The van der Waals surface area contributed by atoms with Gasteiger partial charge in [-0.15, -0.1) is 0 Å². The van der Waals surface area contributed by atoms with Crippen LogP contribution >= 0.6 is 0 Å². The minimum Gasteiger partial charge on any atom is -0.350 e. The Morgan fingerprint density at radius 2 is 1.74 bits per heavy atom. The first kappa shape index (κ1) is 24.3. The van der Waals surface area contributed by atoms with Crippen LogP contribution < -0.4 is 14.9 Å². The van der Waals surface area contributed by atoms with E-state index in [9.17, 15) is 22.4 Å². The Kier molecular flexibility index (Phi) is 8.56. The number of anilines is 2. The molecule has 0 fully saturated rings. The summed E-state index contributed by atoms with van der Waals surface area (Å²) in [5, 5.41) is 5.56. The van der Waals surface area contributed by atoms with E-state index in [1.54, 1.807) is 30.3 Å². The molecule has 0 aliphatic rings. The molecule has 0 unspecified atom stereocenters. The Morgan fingerprint density at radius 1 is 1.10 bits per heavy atom. The zero-order chi connectivity index (χ0) is 23.0. The van der Waals surface area contributed by atoms with Gasteiger partial charge in [0.05, 0.1) is 23.2 Å². The Bertz CT molecular complexity index is 1030. The maximum Gasteiger partial charge on any atom is 0.253 e. The molecule has 1 atom stereocenters. The van der Waals surface area contributed by atoms with E-state index in [2.05, 4.69) is 10.6 Å². The molecule has 9 heteroatoms. The van der Waals surface area contributed by atoms with Crippen LogP contribution in [0.5, 0.6) is 0 Å². The lowest BCUT2D eigenvalue weighted by Crippen LogP contribution is -2.33. The third kappa shape index (κ3) is 7.06. The zero-order valence-corrected chi connectivity index (χ0v) is 18.7. The van der Waals surface area contributed by atoms with Crippen molar-refractivity contribution in [3.8, 4) is 0 Å². The number of hydrogen-bond donors (Lipinski definition) is 2. The number of nitrogens with one attached hydrogen (secondary N) is 2. The maximum absolute atomic E-state index is 14.1. The van der Waals surface area contributed by atoms with Crippen molar-refractivity contribution in [1.82, 2.24) is 5.32 Å². The van der Waals surface area contributed by atoms with Gasteiger partial charge in [0, 0.05) is 19.0 Å². The molecule has 0 bridgehead atoms. The van der Waals surface area contributed by atoms with Crippen LogP contribution in [-0.2, 0) is 14.8 Å². The van der Waals surface area contributed by atoms with Gasteiger partial charge < -0.3 is 10.6 Å². The number of para-hydroxylation sites is 2. The van der Waals surface area contributed by atoms with Crippen LogP contribution in [0.4, 0.5) is 15.8 Å². The number of amides is 2. The van der Waals surface area contributed by atoms with Crippen LogP contribution in [0.3, 0.4) is 0 Å². The minimum atomic E-state index is -3.72. The van der Waals surface area contributed by atoms with E-state index in [0.29, 0.717) is 11.3 Å². The fourth-order valence-electron chi connectivity index (χ4n) is 2.91. The molecule has 0 radical (unpaired) electrons. The Labute approximate surface area is 182 Å². The molecule has 0 aliphatic heterocycles. The number of rotatable bonds is 10. The highest BCUT2D eigenvalue weighted by atomic mass is 32.2. The first-order valence-corrected chi connectivity index (χ1v) is 11.9. The molecule has 2 aromatic rings. The fourth-order valence-corrected chi connectivity index (χ4v) is 3.87. The summed E-state index contributed by atoms with van der Waals surface area (Å²) in [6, 6.07) is 12.2. The number of carbonyl (C=O) groups excluding carboxylic acids is 2. The second-order valence-electron chi connectivity index (χ2n) is 7.27. The van der Waals surface area contributed by atoms with Crippen molar-refractivity contribution in [2.24, 2.45) is 0 Å². The SMILES string of the molecule is CC[C@@H](C)NC(=O)c1ccccc1NC(=O)CCCN(c1ccccc1F)S(C)(=O)=O. The second kappa shape index (κ2) is 10.9. The molecule has 0 aliphatic carbocycles. The van der Waals surface area contributed by atoms with Crippen molar-refractivity contribution in [1.29, 1.82) is 0 Å². The molecular weight excluding hydrogens is 421 g/mol. The molecule has 2 rings (SSSR count). The maximum atomic E-state index is 14.1. The van der Waals surface area contributed by atoms with Gasteiger partial charge in [0.1, 0.15) is 5.82 Å². The molecule has 0 saturated carbocycles. The number of sulfonamides is 1. The topological polar surface area (TPSA) is 95.6 Å². The Morgan fingerprint density at radius 3 is 2.39 bits per heavy atom. The van der Waals surface area contributed by atoms with Crippen molar-refractivity contribution >= 4 is 33.2 Å². The monoisotopic (exact) mass is 449 g/mol. The lowest BCUT2D eigenvalue weighted by molar-refractivity contribution is -0.116. The third-order valence-corrected chi connectivity index (χ3v) is 5.90. The predicted octanol–water partition coefficient (Wildman–Crippen LogP) is 3.54. The third-order valence-electron chi connectivity index (χ3n) is 4.72. The average Bonchev–Trinajstić information content (AvgIpc) is 2.71. The number of nitrogens with zero attached hydrogens (tertiary/aromatic N) is 1. The number of benzene rings is 2. The highest BCUT2D eigenvalue weighted by Gasteiger charge is 2.21.